The molecule has 0 bridgehead atoms. The number of carboxylic acid groups (broad SMARTS) is 1. The fourth-order valence-electron chi connectivity index (χ4n) is 2.90. The first-order chi connectivity index (χ1) is 12.0. The fraction of sp³-hybridized carbons (Fsp3) is 0.100. The Hall–Kier alpha value is -3.34. The minimum absolute atomic E-state index is 0.215. The normalized spacial score (nSPS) is 10.5. The Kier molecular flexibility index (Phi) is 4.39. The van der Waals surface area contributed by atoms with Crippen molar-refractivity contribution in [2.75, 3.05) is 7.11 Å². The number of aromatic carboxylic acids is 1. The van der Waals surface area contributed by atoms with Crippen LogP contribution in [0.5, 0.6) is 0 Å². The standard InChI is InChI=1S/C20H17NO4/c1-13-11-17(19(22)23)18(14-7-4-3-5-8-14)21(13)16-10-6-9-15(12-16)20(24)25-2/h3-12H,1-2H3,(H,22,23). The highest BCUT2D eigenvalue weighted by Crippen LogP contribution is 2.31. The van der Waals surface area contributed by atoms with Crippen LogP contribution < -0.4 is 0 Å². The van der Waals surface area contributed by atoms with E-state index in [-0.39, 0.29) is 5.56 Å². The summed E-state index contributed by atoms with van der Waals surface area (Å²) in [4.78, 5) is 23.6. The Balaban J connectivity index is 2.27. The van der Waals surface area contributed by atoms with E-state index in [1.807, 2.05) is 47.9 Å². The Labute approximate surface area is 145 Å². The Morgan fingerprint density at radius 1 is 1.00 bits per heavy atom. The highest BCUT2D eigenvalue weighted by molar-refractivity contribution is 5.96. The van der Waals surface area contributed by atoms with Crippen molar-refractivity contribution in [1.82, 2.24) is 4.57 Å². The number of aryl methyl sites for hydroxylation is 1. The van der Waals surface area contributed by atoms with Crippen molar-refractivity contribution in [2.45, 2.75) is 6.92 Å². The molecule has 0 radical (unpaired) electrons. The van der Waals surface area contributed by atoms with E-state index in [2.05, 4.69) is 0 Å². The molecule has 1 N–H and O–H groups in total. The molecule has 3 rings (SSSR count). The van der Waals surface area contributed by atoms with Gasteiger partial charge in [0, 0.05) is 11.4 Å². The van der Waals surface area contributed by atoms with Gasteiger partial charge in [-0.25, -0.2) is 9.59 Å². The predicted octanol–water partition coefficient (Wildman–Crippen LogP) is 3.94. The molecule has 0 aliphatic rings. The van der Waals surface area contributed by atoms with Gasteiger partial charge in [-0.05, 0) is 36.8 Å². The molecule has 0 aliphatic carbocycles. The van der Waals surface area contributed by atoms with Gasteiger partial charge in [-0.2, -0.15) is 0 Å². The molecule has 0 aliphatic heterocycles. The van der Waals surface area contributed by atoms with E-state index in [1.54, 1.807) is 24.3 Å². The lowest BCUT2D eigenvalue weighted by atomic mass is 10.1. The number of esters is 1. The molecule has 1 aromatic heterocycles. The van der Waals surface area contributed by atoms with Crippen LogP contribution in [0, 0.1) is 6.92 Å². The zero-order chi connectivity index (χ0) is 18.0. The lowest BCUT2D eigenvalue weighted by Crippen LogP contribution is -2.06. The summed E-state index contributed by atoms with van der Waals surface area (Å²) in [5.74, 6) is -1.43. The SMILES string of the molecule is COC(=O)c1cccc(-n2c(C)cc(C(=O)O)c2-c2ccccc2)c1. The molecule has 5 nitrogen and oxygen atoms in total. The number of methoxy groups -OCH3 is 1. The van der Waals surface area contributed by atoms with Crippen LogP contribution >= 0.6 is 0 Å². The van der Waals surface area contributed by atoms with Crippen LogP contribution in [0.4, 0.5) is 0 Å². The Bertz CT molecular complexity index is 942. The molecular weight excluding hydrogens is 318 g/mol. The van der Waals surface area contributed by atoms with Crippen LogP contribution in [0.1, 0.15) is 26.4 Å². The largest absolute Gasteiger partial charge is 0.478 e. The molecule has 2 aromatic carbocycles. The van der Waals surface area contributed by atoms with Gasteiger partial charge in [0.15, 0.2) is 0 Å². The minimum Gasteiger partial charge on any atom is -0.478 e. The zero-order valence-electron chi connectivity index (χ0n) is 13.9. The first kappa shape index (κ1) is 16.5. The highest BCUT2D eigenvalue weighted by atomic mass is 16.5. The number of nitrogens with zero attached hydrogens (tertiary/aromatic N) is 1. The average Bonchev–Trinajstić information content (AvgIpc) is 2.99. The van der Waals surface area contributed by atoms with Gasteiger partial charge in [0.25, 0.3) is 0 Å². The number of benzene rings is 2. The molecule has 0 amide bonds. The molecule has 0 spiro atoms. The van der Waals surface area contributed by atoms with Crippen LogP contribution in [0.3, 0.4) is 0 Å². The van der Waals surface area contributed by atoms with Gasteiger partial charge in [0.1, 0.15) is 0 Å². The maximum atomic E-state index is 11.8. The first-order valence-electron chi connectivity index (χ1n) is 7.72. The van der Waals surface area contributed by atoms with E-state index in [1.165, 1.54) is 7.11 Å². The Morgan fingerprint density at radius 2 is 1.72 bits per heavy atom. The third-order valence-electron chi connectivity index (χ3n) is 3.99. The van der Waals surface area contributed by atoms with Crippen molar-refractivity contribution in [1.29, 1.82) is 0 Å². The number of aromatic nitrogens is 1. The van der Waals surface area contributed by atoms with Gasteiger partial charge >= 0.3 is 11.9 Å². The van der Waals surface area contributed by atoms with Crippen LogP contribution in [-0.4, -0.2) is 28.7 Å². The molecule has 126 valence electrons. The van der Waals surface area contributed by atoms with Gasteiger partial charge in [-0.1, -0.05) is 36.4 Å². The summed E-state index contributed by atoms with van der Waals surface area (Å²) in [6, 6.07) is 17.9. The summed E-state index contributed by atoms with van der Waals surface area (Å²) >= 11 is 0. The van der Waals surface area contributed by atoms with E-state index < -0.39 is 11.9 Å². The summed E-state index contributed by atoms with van der Waals surface area (Å²) in [7, 11) is 1.33. The monoisotopic (exact) mass is 335 g/mol. The number of hydrogen-bond donors (Lipinski definition) is 1. The summed E-state index contributed by atoms with van der Waals surface area (Å²) in [6.07, 6.45) is 0. The van der Waals surface area contributed by atoms with Crippen LogP contribution in [0.15, 0.2) is 60.7 Å². The van der Waals surface area contributed by atoms with E-state index in [0.29, 0.717) is 16.9 Å². The second kappa shape index (κ2) is 6.65. The van der Waals surface area contributed by atoms with E-state index in [4.69, 9.17) is 4.74 Å². The topological polar surface area (TPSA) is 68.5 Å². The molecule has 1 heterocycles. The number of ether oxygens (including phenoxy) is 1. The second-order valence-electron chi connectivity index (χ2n) is 5.60. The molecule has 0 saturated carbocycles. The zero-order valence-corrected chi connectivity index (χ0v) is 13.9. The number of carbonyl (C=O) groups is 2. The molecular formula is C20H17NO4. The van der Waals surface area contributed by atoms with Gasteiger partial charge in [0.05, 0.1) is 23.9 Å². The third kappa shape index (κ3) is 3.04. The predicted molar refractivity (Wildman–Crippen MR) is 94.2 cm³/mol. The number of hydrogen-bond acceptors (Lipinski definition) is 3. The maximum Gasteiger partial charge on any atom is 0.337 e. The lowest BCUT2D eigenvalue weighted by molar-refractivity contribution is 0.0599. The summed E-state index contributed by atoms with van der Waals surface area (Å²) < 4.78 is 6.61. The quantitative estimate of drug-likeness (QED) is 0.733. The Morgan fingerprint density at radius 3 is 2.36 bits per heavy atom. The fourth-order valence-corrected chi connectivity index (χ4v) is 2.90. The molecule has 0 unspecified atom stereocenters. The van der Waals surface area contributed by atoms with E-state index in [9.17, 15) is 14.7 Å². The molecule has 3 aromatic rings. The van der Waals surface area contributed by atoms with E-state index >= 15 is 0 Å². The number of rotatable bonds is 4. The van der Waals surface area contributed by atoms with Gasteiger partial charge in [-0.3, -0.25) is 0 Å². The minimum atomic E-state index is -0.996. The molecule has 0 atom stereocenters. The van der Waals surface area contributed by atoms with Crippen molar-refractivity contribution in [3.63, 3.8) is 0 Å². The summed E-state index contributed by atoms with van der Waals surface area (Å²) in [5.41, 5.74) is 3.45. The van der Waals surface area contributed by atoms with Gasteiger partial charge in [-0.15, -0.1) is 0 Å². The van der Waals surface area contributed by atoms with Crippen molar-refractivity contribution in [3.05, 3.63) is 77.5 Å². The third-order valence-corrected chi connectivity index (χ3v) is 3.99. The summed E-state index contributed by atoms with van der Waals surface area (Å²) in [6.45, 7) is 1.84. The van der Waals surface area contributed by atoms with Crippen molar-refractivity contribution in [2.24, 2.45) is 0 Å². The van der Waals surface area contributed by atoms with Gasteiger partial charge in [0.2, 0.25) is 0 Å². The molecule has 0 fully saturated rings. The molecule has 5 heteroatoms. The number of carboxylic acids is 1. The van der Waals surface area contributed by atoms with Gasteiger partial charge < -0.3 is 14.4 Å². The summed E-state index contributed by atoms with van der Waals surface area (Å²) in [5, 5.41) is 9.61. The second-order valence-corrected chi connectivity index (χ2v) is 5.60. The smallest absolute Gasteiger partial charge is 0.337 e. The first-order valence-corrected chi connectivity index (χ1v) is 7.72. The van der Waals surface area contributed by atoms with Crippen LogP contribution in [-0.2, 0) is 4.74 Å². The average molecular weight is 335 g/mol. The van der Waals surface area contributed by atoms with Crippen LogP contribution in [0.2, 0.25) is 0 Å². The van der Waals surface area contributed by atoms with Crippen molar-refractivity contribution < 1.29 is 19.4 Å². The maximum absolute atomic E-state index is 11.8. The van der Waals surface area contributed by atoms with Crippen LogP contribution in [0.25, 0.3) is 16.9 Å². The molecule has 0 saturated heterocycles. The highest BCUT2D eigenvalue weighted by Gasteiger charge is 2.21. The molecule has 25 heavy (non-hydrogen) atoms. The number of carbonyl (C=O) groups excluding carboxylic acids is 1. The van der Waals surface area contributed by atoms with Crippen molar-refractivity contribution in [3.8, 4) is 16.9 Å². The van der Waals surface area contributed by atoms with Crippen molar-refractivity contribution >= 4 is 11.9 Å². The lowest BCUT2D eigenvalue weighted by Gasteiger charge is -2.14. The van der Waals surface area contributed by atoms with E-state index in [0.717, 1.165) is 11.3 Å².